The van der Waals surface area contributed by atoms with Gasteiger partial charge in [-0.05, 0) is 8.85 Å². The van der Waals surface area contributed by atoms with Crippen molar-refractivity contribution in [2.45, 2.75) is 12.2 Å². The lowest BCUT2D eigenvalue weighted by Gasteiger charge is -2.17. The first-order chi connectivity index (χ1) is 11.6. The molecular formula is C14H5AlF10. The first kappa shape index (κ1) is 19.6. The van der Waals surface area contributed by atoms with Crippen LogP contribution in [0.15, 0.2) is 0 Å². The first-order valence-corrected chi connectivity index (χ1v) is 8.55. The summed E-state index contributed by atoms with van der Waals surface area (Å²) in [7, 11) is 0. The van der Waals surface area contributed by atoms with E-state index in [1.165, 1.54) is 0 Å². The molecule has 0 amide bonds. The lowest BCUT2D eigenvalue weighted by atomic mass is 10.3. The van der Waals surface area contributed by atoms with E-state index < -0.39 is 86.5 Å². The summed E-state index contributed by atoms with van der Waals surface area (Å²) in [5, 5.41) is -0.587. The van der Waals surface area contributed by atoms with Gasteiger partial charge < -0.3 is 0 Å². The van der Waals surface area contributed by atoms with Gasteiger partial charge >= 0.3 is 14.1 Å². The Morgan fingerprint density at radius 2 is 0.640 bits per heavy atom. The van der Waals surface area contributed by atoms with Gasteiger partial charge in [-0.2, -0.15) is 0 Å². The minimum Gasteiger partial charge on any atom is -0.205 e. The summed E-state index contributed by atoms with van der Waals surface area (Å²) >= 11 is -4.03. The lowest BCUT2D eigenvalue weighted by Crippen LogP contribution is -2.50. The molecule has 0 aliphatic rings. The van der Waals surface area contributed by atoms with Crippen molar-refractivity contribution >= 4 is 23.0 Å². The third-order valence-electron chi connectivity index (χ3n) is 3.59. The molecule has 0 heterocycles. The molecular weight excluding hydrogens is 385 g/mol. The fourth-order valence-electron chi connectivity index (χ4n) is 2.41. The van der Waals surface area contributed by atoms with Crippen molar-refractivity contribution in [1.82, 2.24) is 0 Å². The van der Waals surface area contributed by atoms with Crippen LogP contribution in [0, 0.1) is 58.2 Å². The summed E-state index contributed by atoms with van der Waals surface area (Å²) in [6, 6.07) is 0. The highest BCUT2D eigenvalue weighted by atomic mass is 27.2. The molecule has 0 N–H and O–H groups in total. The highest BCUT2D eigenvalue weighted by Crippen LogP contribution is 2.21. The van der Waals surface area contributed by atoms with Crippen molar-refractivity contribution in [2.75, 3.05) is 0 Å². The van der Waals surface area contributed by atoms with Gasteiger partial charge in [-0.3, -0.25) is 0 Å². The molecule has 0 spiro atoms. The molecule has 134 valence electrons. The second-order valence-corrected chi connectivity index (χ2v) is 8.00. The Kier molecular flexibility index (Phi) is 5.39. The molecule has 2 rings (SSSR count). The van der Waals surface area contributed by atoms with E-state index in [0.717, 1.165) is 6.92 Å². The number of hydrogen-bond donors (Lipinski definition) is 0. The second-order valence-electron chi connectivity index (χ2n) is 4.93. The summed E-state index contributed by atoms with van der Waals surface area (Å²) < 4.78 is 132. The maximum atomic E-state index is 13.9. The third kappa shape index (κ3) is 2.89. The predicted octanol–water partition coefficient (Wildman–Crippen LogP) is 3.71. The molecule has 0 nitrogen and oxygen atoms in total. The SMILES string of the molecule is C[CH2][Al]([c]1c(F)c(F)c(F)c(F)c1F)[c]1c(F)c(F)c(F)c(F)c1F. The Labute approximate surface area is 138 Å². The summed E-state index contributed by atoms with van der Waals surface area (Å²) in [5.41, 5.74) is 0. The zero-order valence-electron chi connectivity index (χ0n) is 12.1. The molecule has 0 fully saturated rings. The van der Waals surface area contributed by atoms with E-state index in [9.17, 15) is 43.9 Å². The van der Waals surface area contributed by atoms with Gasteiger partial charge in [0.1, 0.15) is 0 Å². The van der Waals surface area contributed by atoms with Crippen LogP contribution in [0.5, 0.6) is 0 Å². The minimum atomic E-state index is -4.03. The molecule has 0 aliphatic heterocycles. The van der Waals surface area contributed by atoms with Gasteiger partial charge in [0.15, 0.2) is 58.2 Å². The Hall–Kier alpha value is -1.73. The monoisotopic (exact) mass is 390 g/mol. The van der Waals surface area contributed by atoms with E-state index >= 15 is 0 Å². The van der Waals surface area contributed by atoms with Crippen LogP contribution in [-0.4, -0.2) is 14.1 Å². The van der Waals surface area contributed by atoms with E-state index in [4.69, 9.17) is 0 Å². The van der Waals surface area contributed by atoms with Crippen LogP contribution in [0.4, 0.5) is 43.9 Å². The maximum Gasteiger partial charge on any atom is 0.365 e. The number of hydrogen-bond acceptors (Lipinski definition) is 0. The smallest absolute Gasteiger partial charge is 0.205 e. The Balaban J connectivity index is 2.90. The molecule has 0 aliphatic carbocycles. The van der Waals surface area contributed by atoms with Crippen molar-refractivity contribution in [2.24, 2.45) is 0 Å². The Morgan fingerprint density at radius 1 is 0.440 bits per heavy atom. The van der Waals surface area contributed by atoms with Gasteiger partial charge in [-0.1, -0.05) is 12.2 Å². The van der Waals surface area contributed by atoms with Crippen molar-refractivity contribution in [3.63, 3.8) is 0 Å². The Morgan fingerprint density at radius 3 is 0.840 bits per heavy atom. The average molecular weight is 390 g/mol. The molecule has 2 aromatic carbocycles. The van der Waals surface area contributed by atoms with Crippen LogP contribution in [0.25, 0.3) is 0 Å². The van der Waals surface area contributed by atoms with Gasteiger partial charge in [0.05, 0.1) is 0 Å². The van der Waals surface area contributed by atoms with E-state index in [0.29, 0.717) is 0 Å². The molecule has 0 saturated carbocycles. The van der Waals surface area contributed by atoms with Crippen LogP contribution in [-0.2, 0) is 0 Å². The van der Waals surface area contributed by atoms with Crippen molar-refractivity contribution in [3.05, 3.63) is 58.2 Å². The van der Waals surface area contributed by atoms with E-state index in [1.807, 2.05) is 0 Å². The van der Waals surface area contributed by atoms with Gasteiger partial charge in [-0.25, -0.2) is 43.9 Å². The van der Waals surface area contributed by atoms with Crippen molar-refractivity contribution in [3.8, 4) is 0 Å². The van der Waals surface area contributed by atoms with Gasteiger partial charge in [-0.15, -0.1) is 0 Å². The lowest BCUT2D eigenvalue weighted by molar-refractivity contribution is 0.382. The normalized spacial score (nSPS) is 11.2. The van der Waals surface area contributed by atoms with Crippen molar-refractivity contribution < 1.29 is 43.9 Å². The number of rotatable bonds is 3. The highest BCUT2D eigenvalue weighted by molar-refractivity contribution is 6.85. The third-order valence-corrected chi connectivity index (χ3v) is 6.82. The molecule has 0 atom stereocenters. The van der Waals surface area contributed by atoms with Gasteiger partial charge in [0.2, 0.25) is 0 Å². The summed E-state index contributed by atoms with van der Waals surface area (Å²) in [6.07, 6.45) is 0. The zero-order chi connectivity index (χ0) is 19.2. The highest BCUT2D eigenvalue weighted by Gasteiger charge is 2.40. The summed E-state index contributed by atoms with van der Waals surface area (Å²) in [6.45, 7) is 1.06. The van der Waals surface area contributed by atoms with E-state index in [1.54, 1.807) is 0 Å². The van der Waals surface area contributed by atoms with Crippen LogP contribution in [0.1, 0.15) is 6.92 Å². The van der Waals surface area contributed by atoms with E-state index in [2.05, 4.69) is 0 Å². The van der Waals surface area contributed by atoms with Crippen LogP contribution >= 0.6 is 0 Å². The summed E-state index contributed by atoms with van der Waals surface area (Å²) in [4.78, 5) is 0. The molecule has 11 heteroatoms. The Bertz CT molecular complexity index is 736. The molecule has 0 bridgehead atoms. The second kappa shape index (κ2) is 6.88. The van der Waals surface area contributed by atoms with Gasteiger partial charge in [0.25, 0.3) is 0 Å². The fraction of sp³-hybridized carbons (Fsp3) is 0.143. The predicted molar refractivity (Wildman–Crippen MR) is 68.0 cm³/mol. The largest absolute Gasteiger partial charge is 0.365 e. The van der Waals surface area contributed by atoms with E-state index in [-0.39, 0.29) is 0 Å². The quantitative estimate of drug-likeness (QED) is 0.325. The topological polar surface area (TPSA) is 0 Å². The van der Waals surface area contributed by atoms with Crippen LogP contribution < -0.4 is 8.85 Å². The first-order valence-electron chi connectivity index (χ1n) is 6.58. The number of halogens is 10. The minimum absolute atomic E-state index is 0.587. The molecule has 25 heavy (non-hydrogen) atoms. The molecule has 0 radical (unpaired) electrons. The van der Waals surface area contributed by atoms with Crippen LogP contribution in [0.3, 0.4) is 0 Å². The fourth-order valence-corrected chi connectivity index (χ4v) is 5.24. The standard InChI is InChI=1S/2C6F5.C2H5.Al/c2*7-2-1-3(8)5(10)6(11)4(2)9;1-2;/h;;1H2,2H3;. The van der Waals surface area contributed by atoms with Crippen molar-refractivity contribution in [1.29, 1.82) is 0 Å². The average Bonchev–Trinajstić information content (AvgIpc) is 2.60. The van der Waals surface area contributed by atoms with Crippen LogP contribution in [0.2, 0.25) is 5.28 Å². The van der Waals surface area contributed by atoms with Gasteiger partial charge in [0, 0.05) is 0 Å². The summed E-state index contributed by atoms with van der Waals surface area (Å²) in [5.74, 6) is -23.9. The number of benzene rings is 2. The molecule has 2 aromatic rings. The maximum absolute atomic E-state index is 13.9. The molecule has 0 unspecified atom stereocenters. The zero-order valence-corrected chi connectivity index (χ0v) is 13.2. The molecule has 0 saturated heterocycles. The molecule has 0 aromatic heterocycles.